The number of aromatic nitrogens is 2. The van der Waals surface area contributed by atoms with Crippen LogP contribution in [-0.4, -0.2) is 31.7 Å². The number of aryl methyl sites for hydroxylation is 2. The third kappa shape index (κ3) is 4.50. The van der Waals surface area contributed by atoms with Crippen molar-refractivity contribution in [1.82, 2.24) is 14.9 Å². The Bertz CT molecular complexity index is 1460. The number of rotatable bonds is 7. The molecule has 1 aliphatic heterocycles. The number of para-hydroxylation sites is 1. The molecule has 0 saturated carbocycles. The van der Waals surface area contributed by atoms with Crippen molar-refractivity contribution in [2.75, 3.05) is 0 Å². The molecule has 1 aliphatic rings. The average Bonchev–Trinajstić information content (AvgIpc) is 3.35. The second-order valence-electron chi connectivity index (χ2n) is 8.42. The van der Waals surface area contributed by atoms with E-state index in [1.807, 2.05) is 49.4 Å². The lowest BCUT2D eigenvalue weighted by Crippen LogP contribution is -2.30. The van der Waals surface area contributed by atoms with Gasteiger partial charge in [-0.1, -0.05) is 36.4 Å². The van der Waals surface area contributed by atoms with E-state index in [0.29, 0.717) is 27.6 Å². The van der Waals surface area contributed by atoms with Gasteiger partial charge in [0.1, 0.15) is 11.5 Å². The molecule has 3 heterocycles. The summed E-state index contributed by atoms with van der Waals surface area (Å²) in [5.41, 5.74) is 2.03. The molecule has 5 rings (SSSR count). The minimum absolute atomic E-state index is 0.0347. The minimum Gasteiger partial charge on any atom is -0.503 e. The van der Waals surface area contributed by atoms with Crippen LogP contribution in [0.25, 0.3) is 0 Å². The van der Waals surface area contributed by atoms with Crippen LogP contribution in [0.1, 0.15) is 37.5 Å². The Labute approximate surface area is 212 Å². The monoisotopic (exact) mass is 497 g/mol. The molecule has 1 atom stereocenters. The number of amides is 1. The van der Waals surface area contributed by atoms with Gasteiger partial charge in [-0.05, 0) is 55.3 Å². The number of ketones is 1. The Hall–Kier alpha value is -4.30. The van der Waals surface area contributed by atoms with E-state index in [1.165, 1.54) is 16.2 Å². The summed E-state index contributed by atoms with van der Waals surface area (Å²) in [6.07, 6.45) is 3.31. The third-order valence-electron chi connectivity index (χ3n) is 5.89. The minimum atomic E-state index is -0.814. The van der Waals surface area contributed by atoms with Gasteiger partial charge in [0.15, 0.2) is 5.76 Å². The molecule has 0 aliphatic carbocycles. The van der Waals surface area contributed by atoms with Crippen molar-refractivity contribution in [2.45, 2.75) is 26.4 Å². The summed E-state index contributed by atoms with van der Waals surface area (Å²) in [6.45, 7) is 3.74. The van der Waals surface area contributed by atoms with Crippen LogP contribution in [0.5, 0.6) is 11.5 Å². The van der Waals surface area contributed by atoms with Crippen LogP contribution in [0.15, 0.2) is 90.5 Å². The number of hydrogen-bond acceptors (Lipinski definition) is 7. The van der Waals surface area contributed by atoms with Crippen molar-refractivity contribution < 1.29 is 19.4 Å². The van der Waals surface area contributed by atoms with E-state index in [9.17, 15) is 14.7 Å². The van der Waals surface area contributed by atoms with Crippen molar-refractivity contribution in [2.24, 2.45) is 0 Å². The number of aliphatic hydroxyl groups excluding tert-OH is 1. The summed E-state index contributed by atoms with van der Waals surface area (Å²) in [6, 6.07) is 19.4. The number of thiazole rings is 1. The highest BCUT2D eigenvalue weighted by Crippen LogP contribution is 2.42. The molecule has 0 fully saturated rings. The van der Waals surface area contributed by atoms with E-state index in [-0.39, 0.29) is 12.1 Å². The molecule has 8 heteroatoms. The van der Waals surface area contributed by atoms with E-state index in [1.54, 1.807) is 43.6 Å². The van der Waals surface area contributed by atoms with Crippen LogP contribution in [0.2, 0.25) is 0 Å². The van der Waals surface area contributed by atoms with E-state index in [4.69, 9.17) is 4.74 Å². The lowest BCUT2D eigenvalue weighted by Gasteiger charge is -2.27. The SMILES string of the molecule is Cc1nc(C)c(C(=O)C2=C(O)C(=O)N(Cc3cccnc3)C2c2cccc(Oc3ccccc3)c2)s1. The maximum absolute atomic E-state index is 13.7. The fourth-order valence-electron chi connectivity index (χ4n) is 4.32. The predicted octanol–water partition coefficient (Wildman–Crippen LogP) is 5.73. The van der Waals surface area contributed by atoms with Gasteiger partial charge >= 0.3 is 0 Å². The van der Waals surface area contributed by atoms with Gasteiger partial charge in [-0.25, -0.2) is 4.98 Å². The summed E-state index contributed by atoms with van der Waals surface area (Å²) >= 11 is 1.25. The summed E-state index contributed by atoms with van der Waals surface area (Å²) in [4.78, 5) is 37.4. The molecular weight excluding hydrogens is 474 g/mol. The van der Waals surface area contributed by atoms with Crippen molar-refractivity contribution >= 4 is 23.0 Å². The van der Waals surface area contributed by atoms with Crippen LogP contribution in [-0.2, 0) is 11.3 Å². The van der Waals surface area contributed by atoms with Gasteiger partial charge < -0.3 is 14.7 Å². The summed E-state index contributed by atoms with van der Waals surface area (Å²) in [7, 11) is 0. The van der Waals surface area contributed by atoms with Crippen LogP contribution >= 0.6 is 11.3 Å². The highest BCUT2D eigenvalue weighted by molar-refractivity contribution is 7.14. The fraction of sp³-hybridized carbons (Fsp3) is 0.143. The molecule has 0 radical (unpaired) electrons. The maximum Gasteiger partial charge on any atom is 0.290 e. The zero-order chi connectivity index (χ0) is 25.2. The quantitative estimate of drug-likeness (QED) is 0.328. The highest BCUT2D eigenvalue weighted by atomic mass is 32.1. The lowest BCUT2D eigenvalue weighted by atomic mass is 9.94. The first kappa shape index (κ1) is 23.4. The normalized spacial score (nSPS) is 15.4. The Kier molecular flexibility index (Phi) is 6.35. The Morgan fingerprint density at radius 3 is 2.53 bits per heavy atom. The van der Waals surface area contributed by atoms with Gasteiger partial charge in [-0.3, -0.25) is 14.6 Å². The molecule has 1 N–H and O–H groups in total. The Morgan fingerprint density at radius 1 is 1.06 bits per heavy atom. The van der Waals surface area contributed by atoms with Gasteiger partial charge in [-0.2, -0.15) is 0 Å². The second-order valence-corrected chi connectivity index (χ2v) is 9.63. The Balaban J connectivity index is 1.58. The van der Waals surface area contributed by atoms with Crippen molar-refractivity contribution in [3.63, 3.8) is 0 Å². The second kappa shape index (κ2) is 9.75. The molecule has 36 heavy (non-hydrogen) atoms. The van der Waals surface area contributed by atoms with E-state index >= 15 is 0 Å². The molecule has 7 nitrogen and oxygen atoms in total. The summed E-state index contributed by atoms with van der Waals surface area (Å²) in [5, 5.41) is 11.7. The van der Waals surface area contributed by atoms with Gasteiger partial charge in [0.2, 0.25) is 5.78 Å². The smallest absolute Gasteiger partial charge is 0.290 e. The number of benzene rings is 2. The van der Waals surface area contributed by atoms with E-state index < -0.39 is 23.5 Å². The lowest BCUT2D eigenvalue weighted by molar-refractivity contribution is -0.130. The van der Waals surface area contributed by atoms with Crippen LogP contribution in [0.3, 0.4) is 0 Å². The average molecular weight is 498 g/mol. The fourth-order valence-corrected chi connectivity index (χ4v) is 5.19. The predicted molar refractivity (Wildman–Crippen MR) is 136 cm³/mol. The third-order valence-corrected chi connectivity index (χ3v) is 6.96. The standard InChI is InChI=1S/C28H23N3O4S/c1-17-27(36-18(2)30-17)25(32)23-24(31(28(34)26(23)33)16-19-8-7-13-29-15-19)20-9-6-12-22(14-20)35-21-10-4-3-5-11-21/h3-15,24,33H,16H2,1-2H3. The first-order chi connectivity index (χ1) is 17.4. The van der Waals surface area contributed by atoms with Crippen molar-refractivity contribution in [3.05, 3.63) is 117 Å². The molecule has 2 aromatic carbocycles. The zero-order valence-corrected chi connectivity index (χ0v) is 20.5. The maximum atomic E-state index is 13.7. The molecule has 1 unspecified atom stereocenters. The highest BCUT2D eigenvalue weighted by Gasteiger charge is 2.44. The van der Waals surface area contributed by atoms with E-state index in [2.05, 4.69) is 9.97 Å². The zero-order valence-electron chi connectivity index (χ0n) is 19.7. The van der Waals surface area contributed by atoms with Crippen LogP contribution in [0.4, 0.5) is 0 Å². The van der Waals surface area contributed by atoms with Crippen molar-refractivity contribution in [1.29, 1.82) is 0 Å². The molecule has 2 aromatic heterocycles. The number of ether oxygens (including phenoxy) is 1. The topological polar surface area (TPSA) is 92.6 Å². The number of carbonyl (C=O) groups excluding carboxylic acids is 2. The van der Waals surface area contributed by atoms with Crippen LogP contribution in [0, 0.1) is 13.8 Å². The Morgan fingerprint density at radius 2 is 1.83 bits per heavy atom. The van der Waals surface area contributed by atoms with Crippen LogP contribution < -0.4 is 4.74 Å². The molecule has 4 aromatic rings. The molecular formula is C28H23N3O4S. The first-order valence-corrected chi connectivity index (χ1v) is 12.2. The first-order valence-electron chi connectivity index (χ1n) is 11.4. The number of nitrogens with zero attached hydrogens (tertiary/aromatic N) is 3. The molecule has 1 amide bonds. The number of Topliss-reactive ketones (excluding diaryl/α,β-unsaturated/α-hetero) is 1. The number of pyridine rings is 1. The van der Waals surface area contributed by atoms with Gasteiger partial charge in [0.05, 0.1) is 27.2 Å². The number of hydrogen-bond donors (Lipinski definition) is 1. The summed E-state index contributed by atoms with van der Waals surface area (Å²) < 4.78 is 6.00. The number of carbonyl (C=O) groups is 2. The van der Waals surface area contributed by atoms with Gasteiger partial charge in [0.25, 0.3) is 5.91 Å². The van der Waals surface area contributed by atoms with Gasteiger partial charge in [0, 0.05) is 18.9 Å². The molecule has 0 spiro atoms. The molecule has 180 valence electrons. The van der Waals surface area contributed by atoms with Crippen molar-refractivity contribution in [3.8, 4) is 11.5 Å². The summed E-state index contributed by atoms with van der Waals surface area (Å²) in [5.74, 6) is -0.350. The number of aliphatic hydroxyl groups is 1. The molecule has 0 saturated heterocycles. The molecule has 0 bridgehead atoms. The van der Waals surface area contributed by atoms with Gasteiger partial charge in [-0.15, -0.1) is 11.3 Å². The van der Waals surface area contributed by atoms with E-state index in [0.717, 1.165) is 10.6 Å². The largest absolute Gasteiger partial charge is 0.503 e.